The zero-order valence-electron chi connectivity index (χ0n) is 22.0. The van der Waals surface area contributed by atoms with Gasteiger partial charge < -0.3 is 25.2 Å². The lowest BCUT2D eigenvalue weighted by Gasteiger charge is -2.48. The molecule has 1 amide bonds. The Labute approximate surface area is 235 Å². The maximum Gasteiger partial charge on any atom is 0.248 e. The fourth-order valence-corrected chi connectivity index (χ4v) is 5.35. The molecule has 1 saturated carbocycles. The van der Waals surface area contributed by atoms with E-state index in [-0.39, 0.29) is 24.2 Å². The number of benzene rings is 1. The first kappa shape index (κ1) is 26.1. The lowest BCUT2D eigenvalue weighted by Crippen LogP contribution is -2.64. The first-order valence-corrected chi connectivity index (χ1v) is 13.5. The Morgan fingerprint density at radius 1 is 1.18 bits per heavy atom. The summed E-state index contributed by atoms with van der Waals surface area (Å²) in [5.41, 5.74) is 2.47. The first-order valence-electron chi connectivity index (χ1n) is 13.2. The van der Waals surface area contributed by atoms with Gasteiger partial charge in [0.1, 0.15) is 12.7 Å². The number of halogens is 1. The Hall–Kier alpha value is -4.17. The van der Waals surface area contributed by atoms with E-state index < -0.39 is 0 Å². The van der Waals surface area contributed by atoms with Crippen molar-refractivity contribution in [3.8, 4) is 12.1 Å². The SMILES string of the molecule is COCC(=O)N1CC(N2CCN(c3cc(C#N)cc(Nc4nc(NC5CC5)c5ncc(C#N)n5n4)c3Cl)CC2)C1. The molecule has 40 heavy (non-hydrogen) atoms. The number of nitrogens with zero attached hydrogens (tertiary/aromatic N) is 9. The molecule has 2 aromatic heterocycles. The minimum Gasteiger partial charge on any atom is -0.375 e. The summed E-state index contributed by atoms with van der Waals surface area (Å²) in [6.07, 6.45) is 3.55. The number of aromatic nitrogens is 4. The lowest BCUT2D eigenvalue weighted by molar-refractivity contribution is -0.142. The van der Waals surface area contributed by atoms with Crippen molar-refractivity contribution in [3.05, 3.63) is 34.6 Å². The zero-order chi connectivity index (χ0) is 27.8. The summed E-state index contributed by atoms with van der Waals surface area (Å²) in [4.78, 5) is 27.3. The van der Waals surface area contributed by atoms with E-state index in [9.17, 15) is 15.3 Å². The quantitative estimate of drug-likeness (QED) is 0.414. The molecule has 0 radical (unpaired) electrons. The number of carbonyl (C=O) groups is 1. The van der Waals surface area contributed by atoms with Crippen molar-refractivity contribution in [1.29, 1.82) is 10.5 Å². The fourth-order valence-electron chi connectivity index (χ4n) is 5.08. The number of likely N-dealkylation sites (tertiary alicyclic amines) is 1. The number of rotatable bonds is 8. The maximum atomic E-state index is 12.0. The third kappa shape index (κ3) is 5.07. The summed E-state index contributed by atoms with van der Waals surface area (Å²) >= 11 is 6.91. The Morgan fingerprint density at radius 3 is 2.62 bits per heavy atom. The number of hydrogen-bond donors (Lipinski definition) is 2. The molecule has 4 heterocycles. The van der Waals surface area contributed by atoms with E-state index in [1.807, 2.05) is 4.90 Å². The molecule has 6 rings (SSSR count). The van der Waals surface area contributed by atoms with Gasteiger partial charge in [0.25, 0.3) is 0 Å². The molecule has 14 heteroatoms. The van der Waals surface area contributed by atoms with Crippen molar-refractivity contribution < 1.29 is 9.53 Å². The third-order valence-corrected chi connectivity index (χ3v) is 7.88. The first-order chi connectivity index (χ1) is 19.5. The second kappa shape index (κ2) is 10.8. The Morgan fingerprint density at radius 2 is 1.95 bits per heavy atom. The predicted molar refractivity (Wildman–Crippen MR) is 148 cm³/mol. The van der Waals surface area contributed by atoms with Gasteiger partial charge in [0.2, 0.25) is 11.9 Å². The van der Waals surface area contributed by atoms with Crippen LogP contribution in [0, 0.1) is 22.7 Å². The highest BCUT2D eigenvalue weighted by atomic mass is 35.5. The molecule has 3 aromatic rings. The summed E-state index contributed by atoms with van der Waals surface area (Å²) in [5, 5.41) is 30.7. The maximum absolute atomic E-state index is 12.0. The number of imidazole rings is 1. The molecule has 206 valence electrons. The van der Waals surface area contributed by atoms with E-state index >= 15 is 0 Å². The molecule has 0 spiro atoms. The standard InChI is InChI=1S/C26H28ClN11O2/c1-40-15-22(39)37-13-19(14-37)35-4-6-36(7-5-35)21-9-16(10-28)8-20(23(21)27)32-26-33-24(31-17-2-3-17)25-30-12-18(11-29)38(25)34-26/h8-9,12,17,19H,2-7,13-15H2,1H3,(H2,31,32,33,34). The Balaban J connectivity index is 1.20. The van der Waals surface area contributed by atoms with Gasteiger partial charge in [-0.15, -0.1) is 5.10 Å². The number of anilines is 4. The fraction of sp³-hybridized carbons (Fsp3) is 0.462. The summed E-state index contributed by atoms with van der Waals surface area (Å²) in [5.74, 6) is 0.785. The normalized spacial score (nSPS) is 17.8. The number of amides is 1. The molecule has 13 nitrogen and oxygen atoms in total. The Kier molecular flexibility index (Phi) is 7.02. The van der Waals surface area contributed by atoms with Crippen LogP contribution in [0.1, 0.15) is 24.1 Å². The largest absolute Gasteiger partial charge is 0.375 e. The summed E-state index contributed by atoms with van der Waals surface area (Å²) in [6, 6.07) is 8.45. The predicted octanol–water partition coefficient (Wildman–Crippen LogP) is 1.82. The highest BCUT2D eigenvalue weighted by molar-refractivity contribution is 6.36. The van der Waals surface area contributed by atoms with Crippen LogP contribution in [-0.2, 0) is 9.53 Å². The van der Waals surface area contributed by atoms with E-state index in [2.05, 4.69) is 47.6 Å². The molecule has 2 aliphatic heterocycles. The van der Waals surface area contributed by atoms with Crippen molar-refractivity contribution >= 4 is 46.3 Å². The molecule has 1 aromatic carbocycles. The molecular formula is C26H28ClN11O2. The van der Waals surface area contributed by atoms with Gasteiger partial charge in [0.15, 0.2) is 17.2 Å². The average molecular weight is 562 g/mol. The molecule has 2 N–H and O–H groups in total. The second-order valence-electron chi connectivity index (χ2n) is 10.2. The van der Waals surface area contributed by atoms with Crippen molar-refractivity contribution in [2.45, 2.75) is 24.9 Å². The number of ether oxygens (including phenoxy) is 1. The van der Waals surface area contributed by atoms with Crippen LogP contribution in [0.5, 0.6) is 0 Å². The van der Waals surface area contributed by atoms with Crippen molar-refractivity contribution in [2.75, 3.05) is 68.5 Å². The van der Waals surface area contributed by atoms with Crippen LogP contribution in [0.25, 0.3) is 5.65 Å². The van der Waals surface area contributed by atoms with Crippen LogP contribution in [0.2, 0.25) is 5.02 Å². The monoisotopic (exact) mass is 561 g/mol. The van der Waals surface area contributed by atoms with Crippen molar-refractivity contribution in [1.82, 2.24) is 29.4 Å². The van der Waals surface area contributed by atoms with E-state index in [1.54, 1.807) is 12.1 Å². The topological polar surface area (TPSA) is 151 Å². The molecular weight excluding hydrogens is 534 g/mol. The minimum atomic E-state index is 0.0213. The van der Waals surface area contributed by atoms with Crippen LogP contribution >= 0.6 is 11.6 Å². The van der Waals surface area contributed by atoms with Crippen molar-refractivity contribution in [3.63, 3.8) is 0 Å². The number of piperazine rings is 1. The highest BCUT2D eigenvalue weighted by Gasteiger charge is 2.36. The number of carbonyl (C=O) groups excluding carboxylic acids is 1. The number of methoxy groups -OCH3 is 1. The van der Waals surface area contributed by atoms with Crippen LogP contribution in [0.15, 0.2) is 18.3 Å². The third-order valence-electron chi connectivity index (χ3n) is 7.48. The molecule has 3 fully saturated rings. The van der Waals surface area contributed by atoms with Crippen molar-refractivity contribution in [2.24, 2.45) is 0 Å². The van der Waals surface area contributed by atoms with Crippen LogP contribution in [-0.4, -0.2) is 100 Å². The number of nitrogens with one attached hydrogen (secondary N) is 2. The summed E-state index contributed by atoms with van der Waals surface area (Å²) in [7, 11) is 1.53. The van der Waals surface area contributed by atoms with E-state index in [0.29, 0.717) is 52.9 Å². The van der Waals surface area contributed by atoms with Gasteiger partial charge in [0.05, 0.1) is 34.2 Å². The molecule has 2 saturated heterocycles. The average Bonchev–Trinajstić information content (AvgIpc) is 3.65. The molecule has 1 aliphatic carbocycles. The molecule has 0 atom stereocenters. The van der Waals surface area contributed by atoms with Crippen LogP contribution in [0.4, 0.5) is 23.1 Å². The lowest BCUT2D eigenvalue weighted by atomic mass is 10.1. The van der Waals surface area contributed by atoms with Gasteiger partial charge in [-0.05, 0) is 25.0 Å². The van der Waals surface area contributed by atoms with Gasteiger partial charge in [-0.2, -0.15) is 20.0 Å². The zero-order valence-corrected chi connectivity index (χ0v) is 22.7. The molecule has 0 unspecified atom stereocenters. The number of nitriles is 2. The molecule has 3 aliphatic rings. The smallest absolute Gasteiger partial charge is 0.248 e. The Bertz CT molecular complexity index is 1530. The van der Waals surface area contributed by atoms with Gasteiger partial charge in [-0.25, -0.2) is 4.98 Å². The van der Waals surface area contributed by atoms with Crippen LogP contribution in [0.3, 0.4) is 0 Å². The molecule has 0 bridgehead atoms. The van der Waals surface area contributed by atoms with E-state index in [4.69, 9.17) is 16.3 Å². The highest BCUT2D eigenvalue weighted by Crippen LogP contribution is 2.37. The summed E-state index contributed by atoms with van der Waals surface area (Å²) in [6.45, 7) is 4.65. The number of hydrogen-bond acceptors (Lipinski definition) is 11. The van der Waals surface area contributed by atoms with Crippen LogP contribution < -0.4 is 15.5 Å². The minimum absolute atomic E-state index is 0.0213. The van der Waals surface area contributed by atoms with Gasteiger partial charge in [-0.1, -0.05) is 11.6 Å². The number of fused-ring (bicyclic) bond motifs is 1. The van der Waals surface area contributed by atoms with E-state index in [0.717, 1.165) is 44.7 Å². The van der Waals surface area contributed by atoms with Gasteiger partial charge in [0, 0.05) is 58.5 Å². The van der Waals surface area contributed by atoms with Gasteiger partial charge >= 0.3 is 0 Å². The van der Waals surface area contributed by atoms with E-state index in [1.165, 1.54) is 17.8 Å². The second-order valence-corrected chi connectivity index (χ2v) is 10.6. The summed E-state index contributed by atoms with van der Waals surface area (Å²) < 4.78 is 6.40. The van der Waals surface area contributed by atoms with Gasteiger partial charge in [-0.3, -0.25) is 9.69 Å².